The number of nitrogens with zero attached hydrogens (tertiary/aromatic N) is 4. The first-order chi connectivity index (χ1) is 13.5. The third kappa shape index (κ3) is 4.92. The van der Waals surface area contributed by atoms with Crippen molar-refractivity contribution in [1.29, 1.82) is 0 Å². The Morgan fingerprint density at radius 1 is 1.07 bits per heavy atom. The average molecular weight is 401 g/mol. The number of hydrogen-bond acceptors (Lipinski definition) is 6. The number of sulfone groups is 1. The Bertz CT molecular complexity index is 1090. The molecule has 1 amide bonds. The second kappa shape index (κ2) is 8.61. The highest BCUT2D eigenvalue weighted by Crippen LogP contribution is 2.10. The summed E-state index contributed by atoms with van der Waals surface area (Å²) in [6, 6.07) is 12.7. The van der Waals surface area contributed by atoms with Crippen molar-refractivity contribution in [2.45, 2.75) is 17.9 Å². The van der Waals surface area contributed by atoms with Gasteiger partial charge in [0.25, 0.3) is 5.56 Å². The minimum Gasteiger partial charge on any atom is -0.354 e. The second-order valence-corrected chi connectivity index (χ2v) is 8.04. The van der Waals surface area contributed by atoms with Crippen molar-refractivity contribution >= 4 is 15.7 Å². The molecule has 1 aromatic carbocycles. The molecule has 3 aromatic rings. The molecule has 0 atom stereocenters. The van der Waals surface area contributed by atoms with Gasteiger partial charge in [0.05, 0.1) is 17.2 Å². The predicted molar refractivity (Wildman–Crippen MR) is 102 cm³/mol. The normalized spacial score (nSPS) is 11.3. The van der Waals surface area contributed by atoms with E-state index < -0.39 is 15.7 Å². The van der Waals surface area contributed by atoms with Gasteiger partial charge < -0.3 is 5.32 Å². The zero-order valence-electron chi connectivity index (χ0n) is 14.9. The van der Waals surface area contributed by atoms with Gasteiger partial charge in [-0.25, -0.2) is 17.8 Å². The molecule has 2 aromatic heterocycles. The number of carbonyl (C=O) groups excluding carboxylic acids is 1. The lowest BCUT2D eigenvalue weighted by molar-refractivity contribution is -0.120. The lowest BCUT2D eigenvalue weighted by Gasteiger charge is -2.09. The van der Waals surface area contributed by atoms with Crippen molar-refractivity contribution in [3.8, 4) is 5.82 Å². The molecule has 0 bridgehead atoms. The molecular formula is C18H19N5O4S. The summed E-state index contributed by atoms with van der Waals surface area (Å²) in [5, 5.41) is 10.9. The quantitative estimate of drug-likeness (QED) is 0.584. The van der Waals surface area contributed by atoms with Crippen LogP contribution < -0.4 is 10.9 Å². The third-order valence-corrected chi connectivity index (χ3v) is 5.67. The van der Waals surface area contributed by atoms with Crippen LogP contribution in [-0.4, -0.2) is 46.2 Å². The molecule has 0 radical (unpaired) electrons. The van der Waals surface area contributed by atoms with Gasteiger partial charge in [-0.1, -0.05) is 18.2 Å². The minimum atomic E-state index is -3.51. The molecule has 0 saturated carbocycles. The Labute approximate surface area is 161 Å². The molecule has 28 heavy (non-hydrogen) atoms. The largest absolute Gasteiger partial charge is 0.354 e. The molecule has 10 heteroatoms. The maximum atomic E-state index is 12.2. The fraction of sp³-hybridized carbons (Fsp3) is 0.222. The zero-order chi connectivity index (χ0) is 20.0. The SMILES string of the molecule is O=C(CCS(=O)(=O)c1ccccc1)NCCn1nc(-n2cccn2)ccc1=O. The molecule has 0 aliphatic carbocycles. The van der Waals surface area contributed by atoms with Gasteiger partial charge in [0, 0.05) is 31.4 Å². The van der Waals surface area contributed by atoms with E-state index in [4.69, 9.17) is 0 Å². The summed E-state index contributed by atoms with van der Waals surface area (Å²) >= 11 is 0. The number of nitrogens with one attached hydrogen (secondary N) is 1. The summed E-state index contributed by atoms with van der Waals surface area (Å²) in [5.74, 6) is -0.212. The standard InChI is InChI=1S/C18H19N5O4S/c24-17(9-14-28(26,27)15-5-2-1-3-6-15)19-11-13-23-18(25)8-7-16(21-23)22-12-4-10-20-22/h1-8,10,12H,9,11,13-14H2,(H,19,24). The summed E-state index contributed by atoms with van der Waals surface area (Å²) in [6.07, 6.45) is 3.14. The van der Waals surface area contributed by atoms with E-state index in [1.165, 1.54) is 27.6 Å². The second-order valence-electron chi connectivity index (χ2n) is 5.94. The molecular weight excluding hydrogens is 382 g/mol. The average Bonchev–Trinajstić information content (AvgIpc) is 3.23. The summed E-state index contributed by atoms with van der Waals surface area (Å²) < 4.78 is 27.1. The van der Waals surface area contributed by atoms with Gasteiger partial charge in [-0.05, 0) is 24.3 Å². The molecule has 9 nitrogen and oxygen atoms in total. The molecule has 3 rings (SSSR count). The Morgan fingerprint density at radius 3 is 2.57 bits per heavy atom. The van der Waals surface area contributed by atoms with Gasteiger partial charge in [0.2, 0.25) is 5.91 Å². The molecule has 0 saturated heterocycles. The molecule has 2 heterocycles. The highest BCUT2D eigenvalue weighted by atomic mass is 32.2. The van der Waals surface area contributed by atoms with Crippen molar-refractivity contribution in [1.82, 2.24) is 24.9 Å². The van der Waals surface area contributed by atoms with Gasteiger partial charge in [-0.15, -0.1) is 5.10 Å². The van der Waals surface area contributed by atoms with Crippen LogP contribution in [0.25, 0.3) is 5.82 Å². The highest BCUT2D eigenvalue weighted by Gasteiger charge is 2.15. The third-order valence-electron chi connectivity index (χ3n) is 3.94. The number of amides is 1. The van der Waals surface area contributed by atoms with Crippen molar-refractivity contribution in [3.05, 3.63) is 71.3 Å². The predicted octanol–water partition coefficient (Wildman–Crippen LogP) is 0.409. The van der Waals surface area contributed by atoms with Gasteiger partial charge >= 0.3 is 0 Å². The van der Waals surface area contributed by atoms with Gasteiger partial charge in [0.15, 0.2) is 15.7 Å². The molecule has 0 aliphatic heterocycles. The van der Waals surface area contributed by atoms with Crippen LogP contribution >= 0.6 is 0 Å². The monoisotopic (exact) mass is 401 g/mol. The van der Waals surface area contributed by atoms with E-state index in [0.717, 1.165) is 0 Å². The van der Waals surface area contributed by atoms with Crippen LogP contribution in [0.1, 0.15) is 6.42 Å². The smallest absolute Gasteiger partial charge is 0.266 e. The number of aromatic nitrogens is 4. The van der Waals surface area contributed by atoms with E-state index in [1.54, 1.807) is 42.7 Å². The van der Waals surface area contributed by atoms with E-state index in [0.29, 0.717) is 5.82 Å². The summed E-state index contributed by atoms with van der Waals surface area (Å²) in [7, 11) is -3.51. The molecule has 0 unspecified atom stereocenters. The lowest BCUT2D eigenvalue weighted by Crippen LogP contribution is -2.33. The van der Waals surface area contributed by atoms with E-state index in [2.05, 4.69) is 15.5 Å². The van der Waals surface area contributed by atoms with Crippen molar-refractivity contribution < 1.29 is 13.2 Å². The van der Waals surface area contributed by atoms with Crippen LogP contribution in [0.15, 0.2) is 70.6 Å². The molecule has 146 valence electrons. The molecule has 0 fully saturated rings. The van der Waals surface area contributed by atoms with E-state index in [-0.39, 0.29) is 35.7 Å². The first-order valence-corrected chi connectivity index (χ1v) is 10.2. The summed E-state index contributed by atoms with van der Waals surface area (Å²) in [5.41, 5.74) is -0.309. The van der Waals surface area contributed by atoms with Crippen LogP contribution in [0.4, 0.5) is 0 Å². The molecule has 0 aliphatic rings. The Balaban J connectivity index is 1.52. The number of hydrogen-bond donors (Lipinski definition) is 1. The van der Waals surface area contributed by atoms with Crippen LogP contribution in [0.3, 0.4) is 0 Å². The molecule has 0 spiro atoms. The topological polar surface area (TPSA) is 116 Å². The van der Waals surface area contributed by atoms with Crippen molar-refractivity contribution in [2.75, 3.05) is 12.3 Å². The van der Waals surface area contributed by atoms with Crippen LogP contribution in [0.2, 0.25) is 0 Å². The van der Waals surface area contributed by atoms with Crippen LogP contribution in [0, 0.1) is 0 Å². The number of rotatable bonds is 8. The number of benzene rings is 1. The summed E-state index contributed by atoms with van der Waals surface area (Å²) in [6.45, 7) is 0.310. The molecule has 1 N–H and O–H groups in total. The van der Waals surface area contributed by atoms with Crippen molar-refractivity contribution in [3.63, 3.8) is 0 Å². The van der Waals surface area contributed by atoms with E-state index in [1.807, 2.05) is 0 Å². The number of carbonyl (C=O) groups is 1. The van der Waals surface area contributed by atoms with Gasteiger partial charge in [0.1, 0.15) is 0 Å². The lowest BCUT2D eigenvalue weighted by atomic mass is 10.4. The van der Waals surface area contributed by atoms with Gasteiger partial charge in [-0.2, -0.15) is 5.10 Å². The zero-order valence-corrected chi connectivity index (χ0v) is 15.7. The highest BCUT2D eigenvalue weighted by molar-refractivity contribution is 7.91. The van der Waals surface area contributed by atoms with Crippen LogP contribution in [0.5, 0.6) is 0 Å². The van der Waals surface area contributed by atoms with E-state index >= 15 is 0 Å². The first kappa shape index (κ1) is 19.5. The summed E-state index contributed by atoms with van der Waals surface area (Å²) in [4.78, 5) is 24.1. The van der Waals surface area contributed by atoms with Crippen molar-refractivity contribution in [2.24, 2.45) is 0 Å². The Kier molecular flexibility index (Phi) is 5.99. The maximum absolute atomic E-state index is 12.2. The minimum absolute atomic E-state index is 0.152. The van der Waals surface area contributed by atoms with Gasteiger partial charge in [-0.3, -0.25) is 9.59 Å². The maximum Gasteiger partial charge on any atom is 0.266 e. The van der Waals surface area contributed by atoms with Crippen LogP contribution in [-0.2, 0) is 21.2 Å². The fourth-order valence-electron chi connectivity index (χ4n) is 2.49. The Hall–Kier alpha value is -3.27. The Morgan fingerprint density at radius 2 is 1.86 bits per heavy atom. The fourth-order valence-corrected chi connectivity index (χ4v) is 3.75. The first-order valence-electron chi connectivity index (χ1n) is 8.58. The van der Waals surface area contributed by atoms with E-state index in [9.17, 15) is 18.0 Å².